The van der Waals surface area contributed by atoms with Crippen LogP contribution in [0.3, 0.4) is 0 Å². The fraction of sp³-hybridized carbons (Fsp3) is 0.529. The summed E-state index contributed by atoms with van der Waals surface area (Å²) in [6.07, 6.45) is 0. The number of nitrogens with zero attached hydrogens (tertiary/aromatic N) is 2. The van der Waals surface area contributed by atoms with Gasteiger partial charge in [-0.2, -0.15) is 11.8 Å². The lowest BCUT2D eigenvalue weighted by molar-refractivity contribution is 0.0410. The summed E-state index contributed by atoms with van der Waals surface area (Å²) in [7, 11) is 0. The van der Waals surface area contributed by atoms with E-state index in [1.54, 1.807) is 11.8 Å². The fourth-order valence-corrected chi connectivity index (χ4v) is 3.59. The molecule has 1 aromatic heterocycles. The fourth-order valence-electron chi connectivity index (χ4n) is 2.67. The summed E-state index contributed by atoms with van der Waals surface area (Å²) in [5.41, 5.74) is 4.61. The average Bonchev–Trinajstić information content (AvgIpc) is 2.55. The molecule has 1 aliphatic rings. The van der Waals surface area contributed by atoms with E-state index in [9.17, 15) is 4.79 Å². The Morgan fingerprint density at radius 1 is 1.26 bits per heavy atom. The molecule has 0 amide bonds. The monoisotopic (exact) mass is 333 g/mol. The lowest BCUT2D eigenvalue weighted by Gasteiger charge is -2.26. The van der Waals surface area contributed by atoms with Crippen LogP contribution >= 0.6 is 11.8 Å². The molecule has 0 aliphatic carbocycles. The predicted molar refractivity (Wildman–Crippen MR) is 95.3 cm³/mol. The zero-order valence-corrected chi connectivity index (χ0v) is 14.5. The van der Waals surface area contributed by atoms with Gasteiger partial charge in [0.1, 0.15) is 5.69 Å². The van der Waals surface area contributed by atoms with Crippen LogP contribution in [0.5, 0.6) is 0 Å². The number of H-pyrrole nitrogens is 1. The van der Waals surface area contributed by atoms with Gasteiger partial charge in [-0.05, 0) is 37.1 Å². The Morgan fingerprint density at radius 3 is 2.78 bits per heavy atom. The Balaban J connectivity index is 1.62. The molecule has 0 saturated carbocycles. The molecule has 23 heavy (non-hydrogen) atoms. The summed E-state index contributed by atoms with van der Waals surface area (Å²) in [6, 6.07) is 4.04. The van der Waals surface area contributed by atoms with E-state index in [1.807, 2.05) is 19.1 Å². The van der Waals surface area contributed by atoms with Crippen molar-refractivity contribution in [1.29, 1.82) is 0 Å². The minimum absolute atomic E-state index is 0.0698. The number of aromatic amines is 1. The van der Waals surface area contributed by atoms with E-state index < -0.39 is 0 Å². The van der Waals surface area contributed by atoms with Crippen molar-refractivity contribution in [3.63, 3.8) is 0 Å². The molecule has 0 spiro atoms. The van der Waals surface area contributed by atoms with Crippen LogP contribution in [-0.4, -0.2) is 53.5 Å². The second-order valence-corrected chi connectivity index (χ2v) is 7.08. The largest absolute Gasteiger partial charge is 0.379 e. The number of aryl methyl sites for hydroxylation is 2. The minimum atomic E-state index is -0.0698. The SMILES string of the molecule is Cc1cc2nc(CSCCN3CCOCC3)c(=O)[nH]c2cc1C. The van der Waals surface area contributed by atoms with Gasteiger partial charge in [0, 0.05) is 31.1 Å². The molecule has 2 aromatic rings. The average molecular weight is 333 g/mol. The van der Waals surface area contributed by atoms with Crippen molar-refractivity contribution >= 4 is 22.8 Å². The Labute approximate surface area is 140 Å². The molecule has 124 valence electrons. The summed E-state index contributed by atoms with van der Waals surface area (Å²) >= 11 is 1.77. The molecule has 2 heterocycles. The van der Waals surface area contributed by atoms with Gasteiger partial charge in [0.15, 0.2) is 0 Å². The molecular weight excluding hydrogens is 310 g/mol. The first-order chi connectivity index (χ1) is 11.1. The van der Waals surface area contributed by atoms with Gasteiger partial charge in [-0.3, -0.25) is 9.69 Å². The number of ether oxygens (including phenoxy) is 1. The highest BCUT2D eigenvalue weighted by atomic mass is 32.2. The maximum absolute atomic E-state index is 12.2. The van der Waals surface area contributed by atoms with Gasteiger partial charge in [0.25, 0.3) is 5.56 Å². The van der Waals surface area contributed by atoms with Gasteiger partial charge in [-0.1, -0.05) is 0 Å². The molecule has 1 fully saturated rings. The second kappa shape index (κ2) is 7.47. The maximum Gasteiger partial charge on any atom is 0.270 e. The van der Waals surface area contributed by atoms with Crippen LogP contribution in [-0.2, 0) is 10.5 Å². The molecule has 3 rings (SSSR count). The topological polar surface area (TPSA) is 58.2 Å². The molecule has 0 unspecified atom stereocenters. The molecule has 1 saturated heterocycles. The summed E-state index contributed by atoms with van der Waals surface area (Å²) < 4.78 is 5.35. The van der Waals surface area contributed by atoms with E-state index in [4.69, 9.17) is 4.74 Å². The number of morpholine rings is 1. The van der Waals surface area contributed by atoms with Crippen molar-refractivity contribution in [2.45, 2.75) is 19.6 Å². The van der Waals surface area contributed by atoms with E-state index in [0.717, 1.165) is 49.6 Å². The van der Waals surface area contributed by atoms with Crippen LogP contribution in [0, 0.1) is 13.8 Å². The highest BCUT2D eigenvalue weighted by Crippen LogP contribution is 2.16. The molecule has 5 nitrogen and oxygen atoms in total. The smallest absolute Gasteiger partial charge is 0.270 e. The third kappa shape index (κ3) is 4.13. The number of fused-ring (bicyclic) bond motifs is 1. The Kier molecular flexibility index (Phi) is 5.35. The lowest BCUT2D eigenvalue weighted by atomic mass is 10.1. The van der Waals surface area contributed by atoms with E-state index >= 15 is 0 Å². The van der Waals surface area contributed by atoms with E-state index in [-0.39, 0.29) is 5.56 Å². The van der Waals surface area contributed by atoms with Gasteiger partial charge in [0.05, 0.1) is 24.2 Å². The first-order valence-corrected chi connectivity index (χ1v) is 9.17. The zero-order valence-electron chi connectivity index (χ0n) is 13.7. The molecule has 0 radical (unpaired) electrons. The van der Waals surface area contributed by atoms with Gasteiger partial charge in [0.2, 0.25) is 0 Å². The number of aromatic nitrogens is 2. The Hall–Kier alpha value is -1.37. The van der Waals surface area contributed by atoms with Crippen molar-refractivity contribution < 1.29 is 4.74 Å². The quantitative estimate of drug-likeness (QED) is 0.849. The number of nitrogens with one attached hydrogen (secondary N) is 1. The molecular formula is C17H23N3O2S. The first-order valence-electron chi connectivity index (χ1n) is 8.01. The third-order valence-electron chi connectivity index (χ3n) is 4.27. The number of rotatable bonds is 5. The summed E-state index contributed by atoms with van der Waals surface area (Å²) in [6.45, 7) is 8.82. The van der Waals surface area contributed by atoms with Crippen LogP contribution in [0.15, 0.2) is 16.9 Å². The van der Waals surface area contributed by atoms with Crippen LogP contribution in [0.25, 0.3) is 11.0 Å². The van der Waals surface area contributed by atoms with Gasteiger partial charge >= 0.3 is 0 Å². The van der Waals surface area contributed by atoms with E-state index in [0.29, 0.717) is 11.4 Å². The first kappa shape index (κ1) is 16.5. The number of thioether (sulfide) groups is 1. The standard InChI is InChI=1S/C17H23N3O2S/c1-12-9-14-15(10-13(12)2)19-17(21)16(18-14)11-23-8-5-20-3-6-22-7-4-20/h9-10H,3-8,11H2,1-2H3,(H,19,21). The van der Waals surface area contributed by atoms with Crippen molar-refractivity contribution in [1.82, 2.24) is 14.9 Å². The van der Waals surface area contributed by atoms with E-state index in [2.05, 4.69) is 21.8 Å². The van der Waals surface area contributed by atoms with Crippen LogP contribution < -0.4 is 5.56 Å². The normalized spacial score (nSPS) is 16.1. The third-order valence-corrected chi connectivity index (χ3v) is 5.22. The number of hydrogen-bond acceptors (Lipinski definition) is 5. The summed E-state index contributed by atoms with van der Waals surface area (Å²) in [5, 5.41) is 0. The number of benzene rings is 1. The van der Waals surface area contributed by atoms with Crippen molar-refractivity contribution in [3.8, 4) is 0 Å². The molecule has 1 aliphatic heterocycles. The molecule has 1 N–H and O–H groups in total. The number of hydrogen-bond donors (Lipinski definition) is 1. The Morgan fingerprint density at radius 2 is 2.00 bits per heavy atom. The van der Waals surface area contributed by atoms with Crippen LogP contribution in [0.1, 0.15) is 16.8 Å². The van der Waals surface area contributed by atoms with Gasteiger partial charge in [-0.25, -0.2) is 4.98 Å². The second-order valence-electron chi connectivity index (χ2n) is 5.97. The zero-order chi connectivity index (χ0) is 16.2. The minimum Gasteiger partial charge on any atom is -0.379 e. The van der Waals surface area contributed by atoms with Gasteiger partial charge < -0.3 is 9.72 Å². The lowest BCUT2D eigenvalue weighted by Crippen LogP contribution is -2.37. The molecule has 0 bridgehead atoms. The van der Waals surface area contributed by atoms with Crippen LogP contribution in [0.4, 0.5) is 0 Å². The van der Waals surface area contributed by atoms with Crippen LogP contribution in [0.2, 0.25) is 0 Å². The van der Waals surface area contributed by atoms with Crippen molar-refractivity contribution in [3.05, 3.63) is 39.3 Å². The van der Waals surface area contributed by atoms with Crippen molar-refractivity contribution in [2.24, 2.45) is 0 Å². The Bertz CT molecular complexity index is 738. The summed E-state index contributed by atoms with van der Waals surface area (Å²) in [5.74, 6) is 1.66. The highest BCUT2D eigenvalue weighted by molar-refractivity contribution is 7.98. The summed E-state index contributed by atoms with van der Waals surface area (Å²) in [4.78, 5) is 22.1. The van der Waals surface area contributed by atoms with Crippen molar-refractivity contribution in [2.75, 3.05) is 38.6 Å². The highest BCUT2D eigenvalue weighted by Gasteiger charge is 2.10. The molecule has 0 atom stereocenters. The van der Waals surface area contributed by atoms with Gasteiger partial charge in [-0.15, -0.1) is 0 Å². The molecule has 1 aromatic carbocycles. The predicted octanol–water partition coefficient (Wildman–Crippen LogP) is 2.11. The molecule has 6 heteroatoms. The van der Waals surface area contributed by atoms with E-state index in [1.165, 1.54) is 11.1 Å². The maximum atomic E-state index is 12.2.